The number of nitro benzene ring substituents is 1. The normalized spacial score (nSPS) is 10.9. The number of carbonyl (C=O) groups is 1. The van der Waals surface area contributed by atoms with E-state index in [1.807, 2.05) is 0 Å². The van der Waals surface area contributed by atoms with Crippen LogP contribution in [0.1, 0.15) is 27.2 Å². The molecule has 0 aliphatic rings. The minimum atomic E-state index is -0.827. The van der Waals surface area contributed by atoms with Crippen molar-refractivity contribution in [3.8, 4) is 0 Å². The van der Waals surface area contributed by atoms with Gasteiger partial charge in [-0.15, -0.1) is 0 Å². The predicted octanol–water partition coefficient (Wildman–Crippen LogP) is 1.35. The zero-order chi connectivity index (χ0) is 17.1. The SMILES string of the molecule is Cc1cc(C)n(N=Cc2cccc([N+](=O)[O-])c2)c(=O)c1C(N)=O. The number of amides is 1. The second kappa shape index (κ2) is 6.22. The smallest absolute Gasteiger partial charge is 0.284 e. The summed E-state index contributed by atoms with van der Waals surface area (Å²) in [5, 5.41) is 14.8. The summed E-state index contributed by atoms with van der Waals surface area (Å²) in [5.41, 5.74) is 5.81. The van der Waals surface area contributed by atoms with E-state index in [0.717, 1.165) is 4.68 Å². The molecular formula is C15H14N4O4. The molecule has 0 atom stereocenters. The summed E-state index contributed by atoms with van der Waals surface area (Å²) >= 11 is 0. The third-order valence-corrected chi connectivity index (χ3v) is 3.21. The molecule has 0 bridgehead atoms. The molecule has 1 aromatic carbocycles. The molecule has 1 amide bonds. The maximum atomic E-state index is 12.3. The summed E-state index contributed by atoms with van der Waals surface area (Å²) < 4.78 is 1.03. The van der Waals surface area contributed by atoms with Crippen LogP contribution in [0, 0.1) is 24.0 Å². The van der Waals surface area contributed by atoms with Gasteiger partial charge in [-0.2, -0.15) is 5.10 Å². The minimum Gasteiger partial charge on any atom is -0.365 e. The van der Waals surface area contributed by atoms with Crippen molar-refractivity contribution in [3.05, 3.63) is 73.2 Å². The highest BCUT2D eigenvalue weighted by Gasteiger charge is 2.14. The van der Waals surface area contributed by atoms with Crippen molar-refractivity contribution in [1.29, 1.82) is 0 Å². The second-order valence-corrected chi connectivity index (χ2v) is 4.92. The molecule has 23 heavy (non-hydrogen) atoms. The van der Waals surface area contributed by atoms with E-state index < -0.39 is 16.4 Å². The molecule has 1 heterocycles. The van der Waals surface area contributed by atoms with Gasteiger partial charge in [-0.3, -0.25) is 19.7 Å². The topological polar surface area (TPSA) is 121 Å². The largest absolute Gasteiger partial charge is 0.365 e. The lowest BCUT2D eigenvalue weighted by atomic mass is 10.1. The van der Waals surface area contributed by atoms with E-state index in [-0.39, 0.29) is 11.3 Å². The number of primary amides is 1. The number of aryl methyl sites for hydroxylation is 2. The first-order chi connectivity index (χ1) is 10.8. The molecular weight excluding hydrogens is 300 g/mol. The van der Waals surface area contributed by atoms with Gasteiger partial charge in [-0.05, 0) is 25.5 Å². The molecule has 2 rings (SSSR count). The van der Waals surface area contributed by atoms with Crippen LogP contribution in [0.3, 0.4) is 0 Å². The van der Waals surface area contributed by atoms with Gasteiger partial charge in [0.1, 0.15) is 5.56 Å². The molecule has 0 aliphatic heterocycles. The fraction of sp³-hybridized carbons (Fsp3) is 0.133. The van der Waals surface area contributed by atoms with Crippen molar-refractivity contribution in [1.82, 2.24) is 4.68 Å². The van der Waals surface area contributed by atoms with Gasteiger partial charge < -0.3 is 5.73 Å². The summed E-state index contributed by atoms with van der Waals surface area (Å²) in [7, 11) is 0. The number of carbonyl (C=O) groups excluding carboxylic acids is 1. The van der Waals surface area contributed by atoms with Crippen molar-refractivity contribution in [3.63, 3.8) is 0 Å². The number of nitrogens with two attached hydrogens (primary N) is 1. The zero-order valence-electron chi connectivity index (χ0n) is 12.5. The van der Waals surface area contributed by atoms with Gasteiger partial charge in [-0.25, -0.2) is 4.68 Å². The maximum Gasteiger partial charge on any atom is 0.284 e. The number of hydrogen-bond donors (Lipinski definition) is 1. The van der Waals surface area contributed by atoms with Crippen LogP contribution in [0.2, 0.25) is 0 Å². The summed E-state index contributed by atoms with van der Waals surface area (Å²) in [6.45, 7) is 3.27. The highest BCUT2D eigenvalue weighted by molar-refractivity contribution is 5.93. The summed E-state index contributed by atoms with van der Waals surface area (Å²) in [4.78, 5) is 33.9. The van der Waals surface area contributed by atoms with Crippen molar-refractivity contribution < 1.29 is 9.72 Å². The van der Waals surface area contributed by atoms with Gasteiger partial charge in [0.05, 0.1) is 11.1 Å². The number of nitro groups is 1. The molecule has 8 heteroatoms. The number of non-ortho nitro benzene ring substituents is 1. The molecule has 0 unspecified atom stereocenters. The Morgan fingerprint density at radius 3 is 2.65 bits per heavy atom. The first kappa shape index (κ1) is 16.1. The average molecular weight is 314 g/mol. The number of aromatic nitrogens is 1. The van der Waals surface area contributed by atoms with Crippen LogP contribution in [-0.2, 0) is 0 Å². The zero-order valence-corrected chi connectivity index (χ0v) is 12.5. The lowest BCUT2D eigenvalue weighted by Gasteiger charge is -2.08. The van der Waals surface area contributed by atoms with E-state index in [1.165, 1.54) is 24.4 Å². The maximum absolute atomic E-state index is 12.3. The lowest BCUT2D eigenvalue weighted by Crippen LogP contribution is -2.30. The molecule has 1 aromatic heterocycles. The van der Waals surface area contributed by atoms with Crippen LogP contribution in [0.5, 0.6) is 0 Å². The Balaban J connectivity index is 2.50. The molecule has 0 spiro atoms. The summed E-state index contributed by atoms with van der Waals surface area (Å²) in [6, 6.07) is 7.42. The average Bonchev–Trinajstić information content (AvgIpc) is 2.46. The first-order valence-corrected chi connectivity index (χ1v) is 6.63. The van der Waals surface area contributed by atoms with Crippen LogP contribution in [0.25, 0.3) is 0 Å². The van der Waals surface area contributed by atoms with Crippen molar-refractivity contribution in [2.45, 2.75) is 13.8 Å². The Labute approximate surface area is 131 Å². The van der Waals surface area contributed by atoms with Crippen LogP contribution < -0.4 is 11.3 Å². The third kappa shape index (κ3) is 3.31. The van der Waals surface area contributed by atoms with Gasteiger partial charge in [0, 0.05) is 23.4 Å². The number of nitrogens with zero attached hydrogens (tertiary/aromatic N) is 3. The minimum absolute atomic E-state index is 0.0836. The Hall–Kier alpha value is -3.29. The molecule has 0 radical (unpaired) electrons. The van der Waals surface area contributed by atoms with E-state index >= 15 is 0 Å². The molecule has 8 nitrogen and oxygen atoms in total. The predicted molar refractivity (Wildman–Crippen MR) is 84.8 cm³/mol. The van der Waals surface area contributed by atoms with Gasteiger partial charge in [-0.1, -0.05) is 12.1 Å². The number of benzene rings is 1. The fourth-order valence-electron chi connectivity index (χ4n) is 2.17. The van der Waals surface area contributed by atoms with Crippen molar-refractivity contribution >= 4 is 17.8 Å². The quantitative estimate of drug-likeness (QED) is 0.520. The van der Waals surface area contributed by atoms with E-state index in [9.17, 15) is 19.7 Å². The number of pyridine rings is 1. The Morgan fingerprint density at radius 2 is 2.04 bits per heavy atom. The third-order valence-electron chi connectivity index (χ3n) is 3.21. The lowest BCUT2D eigenvalue weighted by molar-refractivity contribution is -0.384. The van der Waals surface area contributed by atoms with Gasteiger partial charge >= 0.3 is 0 Å². The highest BCUT2D eigenvalue weighted by atomic mass is 16.6. The van der Waals surface area contributed by atoms with E-state index in [4.69, 9.17) is 5.73 Å². The van der Waals surface area contributed by atoms with Crippen molar-refractivity contribution in [2.75, 3.05) is 0 Å². The van der Waals surface area contributed by atoms with Crippen LogP contribution in [0.4, 0.5) is 5.69 Å². The van der Waals surface area contributed by atoms with Crippen molar-refractivity contribution in [2.24, 2.45) is 10.8 Å². The molecule has 0 fully saturated rings. The Kier molecular flexibility index (Phi) is 4.35. The van der Waals surface area contributed by atoms with Crippen LogP contribution >= 0.6 is 0 Å². The molecule has 0 aliphatic carbocycles. The van der Waals surface area contributed by atoms with Gasteiger partial charge in [0.2, 0.25) is 0 Å². The first-order valence-electron chi connectivity index (χ1n) is 6.63. The highest BCUT2D eigenvalue weighted by Crippen LogP contribution is 2.12. The molecule has 0 saturated carbocycles. The number of hydrogen-bond acceptors (Lipinski definition) is 5. The van der Waals surface area contributed by atoms with Gasteiger partial charge in [0.25, 0.3) is 17.2 Å². The Bertz CT molecular complexity index is 884. The molecule has 2 aromatic rings. The summed E-state index contributed by atoms with van der Waals surface area (Å²) in [6.07, 6.45) is 1.31. The van der Waals surface area contributed by atoms with Crippen LogP contribution in [-0.4, -0.2) is 21.7 Å². The monoisotopic (exact) mass is 314 g/mol. The van der Waals surface area contributed by atoms with Crippen LogP contribution in [0.15, 0.2) is 40.2 Å². The fourth-order valence-corrected chi connectivity index (χ4v) is 2.17. The second-order valence-electron chi connectivity index (χ2n) is 4.92. The number of rotatable bonds is 4. The summed E-state index contributed by atoms with van der Waals surface area (Å²) in [5.74, 6) is -0.827. The van der Waals surface area contributed by atoms with E-state index in [2.05, 4.69) is 5.10 Å². The molecule has 2 N–H and O–H groups in total. The standard InChI is InChI=1S/C15H14N4O4/c1-9-6-10(2)18(15(21)13(9)14(16)20)17-8-11-4-3-5-12(7-11)19(22)23/h3-8H,1-2H3,(H2,16,20). The van der Waals surface area contributed by atoms with E-state index in [0.29, 0.717) is 16.8 Å². The molecule has 0 saturated heterocycles. The Morgan fingerprint density at radius 1 is 1.35 bits per heavy atom. The van der Waals surface area contributed by atoms with E-state index in [1.54, 1.807) is 26.0 Å². The van der Waals surface area contributed by atoms with Gasteiger partial charge in [0.15, 0.2) is 0 Å². The molecule has 118 valence electrons.